The lowest BCUT2D eigenvalue weighted by Gasteiger charge is -2.37. The largest absolute Gasteiger partial charge is 0.352 e. The molecule has 0 bridgehead atoms. The van der Waals surface area contributed by atoms with Crippen LogP contribution in [0.4, 0.5) is 30.1 Å². The standard InChI is InChI=1S/C37H52FN9O3/c1-37(2)15-13-31(39-32-12-8-10-29(33(32)38)26-44-19-23-46(24-20-44)36(50)42(5)6)27-47(37)34(48)40-30-11-7-9-28(25-30)14-16-43-17-21-45(22-18-43)35(49)41(3)4/h7-13,15,25,27,39H,14,16-24,26H2,1-6H3,(H,40,48). The van der Waals surface area contributed by atoms with Crippen LogP contribution in [0.1, 0.15) is 25.0 Å². The van der Waals surface area contributed by atoms with Gasteiger partial charge in [0.05, 0.1) is 16.9 Å². The van der Waals surface area contributed by atoms with Crippen molar-refractivity contribution in [3.8, 4) is 0 Å². The van der Waals surface area contributed by atoms with Crippen molar-refractivity contribution in [3.63, 3.8) is 0 Å². The fourth-order valence-electron chi connectivity index (χ4n) is 6.41. The molecule has 3 heterocycles. The van der Waals surface area contributed by atoms with Gasteiger partial charge in [0.1, 0.15) is 0 Å². The lowest BCUT2D eigenvalue weighted by atomic mass is 9.99. The highest BCUT2D eigenvalue weighted by atomic mass is 19.1. The summed E-state index contributed by atoms with van der Waals surface area (Å²) in [6.07, 6.45) is 6.34. The topological polar surface area (TPSA) is 98.0 Å². The van der Waals surface area contributed by atoms with Gasteiger partial charge in [-0.05, 0) is 50.1 Å². The fraction of sp³-hybridized carbons (Fsp3) is 0.486. The predicted octanol–water partition coefficient (Wildman–Crippen LogP) is 4.60. The maximum atomic E-state index is 15.8. The molecular weight excluding hydrogens is 637 g/mol. The van der Waals surface area contributed by atoms with Gasteiger partial charge in [-0.15, -0.1) is 0 Å². The second-order valence-electron chi connectivity index (χ2n) is 14.2. The van der Waals surface area contributed by atoms with E-state index in [1.807, 2.05) is 60.1 Å². The van der Waals surface area contributed by atoms with E-state index in [0.717, 1.165) is 44.7 Å². The van der Waals surface area contributed by atoms with E-state index in [1.165, 1.54) is 0 Å². The second kappa shape index (κ2) is 15.9. The van der Waals surface area contributed by atoms with Crippen LogP contribution in [0.3, 0.4) is 0 Å². The quantitative estimate of drug-likeness (QED) is 0.421. The zero-order valence-corrected chi connectivity index (χ0v) is 30.3. The molecule has 12 nitrogen and oxygen atoms in total. The van der Waals surface area contributed by atoms with Crippen molar-refractivity contribution in [1.29, 1.82) is 0 Å². The summed E-state index contributed by atoms with van der Waals surface area (Å²) in [4.78, 5) is 51.2. The number of urea groups is 3. The molecule has 3 aliphatic heterocycles. The number of carbonyl (C=O) groups excluding carboxylic acids is 3. The third-order valence-corrected chi connectivity index (χ3v) is 9.48. The first kappa shape index (κ1) is 36.7. The van der Waals surface area contributed by atoms with Gasteiger partial charge in [0.2, 0.25) is 0 Å². The fourth-order valence-corrected chi connectivity index (χ4v) is 6.41. The van der Waals surface area contributed by atoms with E-state index in [2.05, 4.69) is 26.5 Å². The van der Waals surface area contributed by atoms with Crippen LogP contribution in [0.2, 0.25) is 0 Å². The van der Waals surface area contributed by atoms with Crippen LogP contribution in [0.5, 0.6) is 0 Å². The van der Waals surface area contributed by atoms with E-state index >= 15 is 4.39 Å². The zero-order chi connectivity index (χ0) is 36.0. The Morgan fingerprint density at radius 1 is 0.820 bits per heavy atom. The smallest absolute Gasteiger partial charge is 0.326 e. The highest BCUT2D eigenvalue weighted by Crippen LogP contribution is 2.28. The molecule has 3 aliphatic rings. The average molecular weight is 690 g/mol. The van der Waals surface area contributed by atoms with Gasteiger partial charge in [0, 0.05) is 111 Å². The number of benzene rings is 2. The lowest BCUT2D eigenvalue weighted by Crippen LogP contribution is -2.51. The molecule has 13 heteroatoms. The van der Waals surface area contributed by atoms with Gasteiger partial charge >= 0.3 is 18.1 Å². The molecule has 0 unspecified atom stereocenters. The highest BCUT2D eigenvalue weighted by molar-refractivity contribution is 5.91. The van der Waals surface area contributed by atoms with E-state index in [4.69, 9.17) is 0 Å². The number of halogens is 1. The number of carbonyl (C=O) groups is 3. The minimum Gasteiger partial charge on any atom is -0.352 e. The normalized spacial score (nSPS) is 18.1. The third-order valence-electron chi connectivity index (χ3n) is 9.48. The lowest BCUT2D eigenvalue weighted by molar-refractivity contribution is 0.119. The Bertz CT molecular complexity index is 1590. The maximum Gasteiger partial charge on any atom is 0.326 e. The molecule has 5 rings (SSSR count). The number of allylic oxidation sites excluding steroid dienone is 1. The number of hydrogen-bond donors (Lipinski definition) is 2. The van der Waals surface area contributed by atoms with Gasteiger partial charge in [-0.25, -0.2) is 18.8 Å². The van der Waals surface area contributed by atoms with Gasteiger partial charge in [-0.1, -0.05) is 30.3 Å². The van der Waals surface area contributed by atoms with E-state index in [1.54, 1.807) is 61.2 Å². The second-order valence-corrected chi connectivity index (χ2v) is 14.2. The van der Waals surface area contributed by atoms with Gasteiger partial charge in [0.15, 0.2) is 5.82 Å². The third kappa shape index (κ3) is 9.13. The molecule has 2 fully saturated rings. The van der Waals surface area contributed by atoms with Crippen LogP contribution in [-0.2, 0) is 13.0 Å². The summed E-state index contributed by atoms with van der Waals surface area (Å²) in [7, 11) is 7.05. The molecule has 2 aromatic carbocycles. The van der Waals surface area contributed by atoms with Crippen molar-refractivity contribution in [2.24, 2.45) is 0 Å². The molecule has 0 aliphatic carbocycles. The molecule has 6 amide bonds. The number of amides is 6. The Morgan fingerprint density at radius 3 is 2.04 bits per heavy atom. The number of hydrogen-bond acceptors (Lipinski definition) is 6. The number of piperazine rings is 2. The first-order chi connectivity index (χ1) is 23.8. The Balaban J connectivity index is 1.17. The molecule has 0 atom stereocenters. The van der Waals surface area contributed by atoms with Crippen molar-refractivity contribution in [2.75, 3.05) is 97.7 Å². The van der Waals surface area contributed by atoms with Crippen LogP contribution in [0, 0.1) is 5.82 Å². The van der Waals surface area contributed by atoms with Crippen molar-refractivity contribution >= 4 is 29.5 Å². The van der Waals surface area contributed by atoms with Crippen LogP contribution < -0.4 is 10.6 Å². The molecule has 0 spiro atoms. The number of nitrogens with zero attached hydrogens (tertiary/aromatic N) is 7. The van der Waals surface area contributed by atoms with Crippen LogP contribution in [0.15, 0.2) is 66.5 Å². The molecule has 0 aromatic heterocycles. The predicted molar refractivity (Wildman–Crippen MR) is 195 cm³/mol. The molecule has 2 N–H and O–H groups in total. The van der Waals surface area contributed by atoms with Gasteiger partial charge in [-0.2, -0.15) is 0 Å². The summed E-state index contributed by atoms with van der Waals surface area (Å²) in [6, 6.07) is 12.9. The van der Waals surface area contributed by atoms with Crippen molar-refractivity contribution in [1.82, 2.24) is 34.3 Å². The number of nitrogens with one attached hydrogen (secondary N) is 2. The Kier molecular flexibility index (Phi) is 11.7. The number of rotatable bonds is 8. The Morgan fingerprint density at radius 2 is 1.42 bits per heavy atom. The minimum atomic E-state index is -0.612. The monoisotopic (exact) mass is 689 g/mol. The number of anilines is 2. The SMILES string of the molecule is CN(C)C(=O)N1CCN(CCc2cccc(NC(=O)N3C=C(Nc4cccc(CN5CCN(C(=O)N(C)C)CC5)c4F)C=CC3(C)C)c2)CC1. The van der Waals surface area contributed by atoms with Gasteiger partial charge in [0.25, 0.3) is 0 Å². The molecule has 0 radical (unpaired) electrons. The minimum absolute atomic E-state index is 0.00693. The van der Waals surface area contributed by atoms with Crippen molar-refractivity contribution in [3.05, 3.63) is 83.5 Å². The maximum absolute atomic E-state index is 15.8. The first-order valence-electron chi connectivity index (χ1n) is 17.3. The van der Waals surface area contributed by atoms with Gasteiger partial charge < -0.3 is 30.2 Å². The molecule has 0 saturated carbocycles. The summed E-state index contributed by atoms with van der Waals surface area (Å²) in [6.45, 7) is 10.9. The summed E-state index contributed by atoms with van der Waals surface area (Å²) in [5, 5.41) is 6.24. The van der Waals surface area contributed by atoms with E-state index in [9.17, 15) is 14.4 Å². The Labute approximate surface area is 295 Å². The van der Waals surface area contributed by atoms with Gasteiger partial charge in [-0.3, -0.25) is 14.7 Å². The summed E-state index contributed by atoms with van der Waals surface area (Å²) in [5.74, 6) is -0.338. The summed E-state index contributed by atoms with van der Waals surface area (Å²) in [5.41, 5.74) is 2.70. The van der Waals surface area contributed by atoms with Crippen molar-refractivity contribution in [2.45, 2.75) is 32.4 Å². The van der Waals surface area contributed by atoms with E-state index in [-0.39, 0.29) is 23.9 Å². The van der Waals surface area contributed by atoms with E-state index in [0.29, 0.717) is 55.4 Å². The molecule has 2 saturated heterocycles. The average Bonchev–Trinajstić information content (AvgIpc) is 3.09. The van der Waals surface area contributed by atoms with Crippen LogP contribution in [-0.4, -0.2) is 145 Å². The molecule has 50 heavy (non-hydrogen) atoms. The summed E-state index contributed by atoms with van der Waals surface area (Å²) < 4.78 is 15.8. The first-order valence-corrected chi connectivity index (χ1v) is 17.3. The summed E-state index contributed by atoms with van der Waals surface area (Å²) >= 11 is 0. The highest BCUT2D eigenvalue weighted by Gasteiger charge is 2.31. The Hall–Kier alpha value is -4.62. The molecular formula is C37H52FN9O3. The van der Waals surface area contributed by atoms with Crippen molar-refractivity contribution < 1.29 is 18.8 Å². The van der Waals surface area contributed by atoms with E-state index < -0.39 is 5.54 Å². The molecule has 270 valence electrons. The zero-order valence-electron chi connectivity index (χ0n) is 30.3. The molecule has 2 aromatic rings. The van der Waals surface area contributed by atoms with Crippen LogP contribution >= 0.6 is 0 Å². The van der Waals surface area contributed by atoms with Crippen LogP contribution in [0.25, 0.3) is 0 Å².